The van der Waals surface area contributed by atoms with Crippen molar-refractivity contribution >= 4 is 29.9 Å². The van der Waals surface area contributed by atoms with E-state index < -0.39 is 0 Å². The van der Waals surface area contributed by atoms with Crippen LogP contribution in [0.2, 0.25) is 0 Å². The van der Waals surface area contributed by atoms with Gasteiger partial charge >= 0.3 is 0 Å². The van der Waals surface area contributed by atoms with Crippen molar-refractivity contribution in [2.24, 2.45) is 10.9 Å². The Morgan fingerprint density at radius 3 is 2.46 bits per heavy atom. The first-order chi connectivity index (χ1) is 12.0. The van der Waals surface area contributed by atoms with E-state index in [4.69, 9.17) is 9.26 Å². The summed E-state index contributed by atoms with van der Waals surface area (Å²) in [5.41, 5.74) is 1.15. The number of halogens is 1. The number of benzene rings is 1. The predicted octanol–water partition coefficient (Wildman–Crippen LogP) is 3.46. The topological polar surface area (TPSA) is 84.6 Å². The van der Waals surface area contributed by atoms with Crippen molar-refractivity contribution in [3.8, 4) is 5.75 Å². The molecule has 2 aromatic rings. The fraction of sp³-hybridized carbons (Fsp3) is 0.500. The zero-order chi connectivity index (χ0) is 18.2. The van der Waals surface area contributed by atoms with Crippen LogP contribution in [-0.4, -0.2) is 29.8 Å². The average Bonchev–Trinajstić information content (AvgIpc) is 3.02. The van der Waals surface area contributed by atoms with E-state index in [1.165, 1.54) is 0 Å². The van der Waals surface area contributed by atoms with Crippen LogP contribution >= 0.6 is 24.0 Å². The highest BCUT2D eigenvalue weighted by Crippen LogP contribution is 2.18. The number of ether oxygens (including phenoxy) is 1. The predicted molar refractivity (Wildman–Crippen MR) is 113 cm³/mol. The highest BCUT2D eigenvalue weighted by molar-refractivity contribution is 14.0. The summed E-state index contributed by atoms with van der Waals surface area (Å²) in [6.45, 7) is 9.28. The van der Waals surface area contributed by atoms with Gasteiger partial charge in [-0.1, -0.05) is 31.1 Å². The van der Waals surface area contributed by atoms with Crippen LogP contribution in [0.3, 0.4) is 0 Å². The first-order valence-corrected chi connectivity index (χ1v) is 8.47. The molecule has 0 saturated carbocycles. The van der Waals surface area contributed by atoms with Gasteiger partial charge in [0.05, 0.1) is 19.2 Å². The minimum Gasteiger partial charge on any atom is -0.493 e. The molecule has 0 spiro atoms. The van der Waals surface area contributed by atoms with Gasteiger partial charge in [-0.15, -0.1) is 24.0 Å². The number of guanidine groups is 1. The molecule has 1 aromatic heterocycles. The van der Waals surface area contributed by atoms with Crippen LogP contribution < -0.4 is 15.4 Å². The summed E-state index contributed by atoms with van der Waals surface area (Å²) < 4.78 is 10.8. The van der Waals surface area contributed by atoms with Crippen molar-refractivity contribution in [3.63, 3.8) is 0 Å². The van der Waals surface area contributed by atoms with Gasteiger partial charge in [0.1, 0.15) is 5.75 Å². The first-order valence-electron chi connectivity index (χ1n) is 8.47. The molecule has 1 heterocycles. The highest BCUT2D eigenvalue weighted by atomic mass is 127. The van der Waals surface area contributed by atoms with Gasteiger partial charge in [-0.3, -0.25) is 4.99 Å². The summed E-state index contributed by atoms with van der Waals surface area (Å²) in [6, 6.07) is 8.19. The molecule has 0 fully saturated rings. The van der Waals surface area contributed by atoms with Gasteiger partial charge < -0.3 is 19.9 Å². The van der Waals surface area contributed by atoms with Crippen molar-refractivity contribution in [2.75, 3.05) is 13.7 Å². The lowest BCUT2D eigenvalue weighted by Gasteiger charge is -2.18. The number of nitrogens with one attached hydrogen (secondary N) is 2. The number of aliphatic imine (C=N–C) groups is 1. The lowest BCUT2D eigenvalue weighted by Crippen LogP contribution is -2.38. The SMILES string of the molecule is CN=C(NCc1nc(C)no1)NC(C)c1ccc(OCC(C)C)cc1.I. The quantitative estimate of drug-likeness (QED) is 0.364. The van der Waals surface area contributed by atoms with E-state index >= 15 is 0 Å². The third-order valence-electron chi connectivity index (χ3n) is 3.52. The Balaban J connectivity index is 0.00000338. The highest BCUT2D eigenvalue weighted by Gasteiger charge is 2.10. The Labute approximate surface area is 172 Å². The van der Waals surface area contributed by atoms with E-state index in [0.717, 1.165) is 17.9 Å². The van der Waals surface area contributed by atoms with Crippen molar-refractivity contribution in [1.29, 1.82) is 0 Å². The van der Waals surface area contributed by atoms with Crippen molar-refractivity contribution < 1.29 is 9.26 Å². The maximum Gasteiger partial charge on any atom is 0.246 e. The van der Waals surface area contributed by atoms with Crippen LogP contribution in [-0.2, 0) is 6.54 Å². The Hall–Kier alpha value is -1.84. The number of nitrogens with zero attached hydrogens (tertiary/aromatic N) is 3. The zero-order valence-corrected chi connectivity index (χ0v) is 18.3. The van der Waals surface area contributed by atoms with Gasteiger partial charge in [0.25, 0.3) is 0 Å². The van der Waals surface area contributed by atoms with Crippen LogP contribution in [0.25, 0.3) is 0 Å². The minimum atomic E-state index is 0. The maximum atomic E-state index is 5.71. The average molecular weight is 473 g/mol. The molecule has 144 valence electrons. The van der Waals surface area contributed by atoms with E-state index in [9.17, 15) is 0 Å². The Kier molecular flexibility index (Phi) is 9.39. The van der Waals surface area contributed by atoms with Crippen LogP contribution in [0.4, 0.5) is 0 Å². The lowest BCUT2D eigenvalue weighted by molar-refractivity contribution is 0.271. The monoisotopic (exact) mass is 473 g/mol. The molecule has 1 unspecified atom stereocenters. The number of hydrogen-bond donors (Lipinski definition) is 2. The summed E-state index contributed by atoms with van der Waals surface area (Å²) in [5.74, 6) is 3.22. The second-order valence-electron chi connectivity index (χ2n) is 6.30. The van der Waals surface area contributed by atoms with Crippen molar-refractivity contribution in [2.45, 2.75) is 40.3 Å². The molecule has 8 heteroatoms. The number of rotatable bonds is 7. The van der Waals surface area contributed by atoms with E-state index in [2.05, 4.69) is 58.7 Å². The van der Waals surface area contributed by atoms with E-state index in [1.54, 1.807) is 14.0 Å². The smallest absolute Gasteiger partial charge is 0.246 e. The molecule has 1 aromatic carbocycles. The fourth-order valence-corrected chi connectivity index (χ4v) is 2.17. The summed E-state index contributed by atoms with van der Waals surface area (Å²) in [4.78, 5) is 8.38. The number of aryl methyl sites for hydroxylation is 1. The summed E-state index contributed by atoms with van der Waals surface area (Å²) in [6.07, 6.45) is 0. The normalized spacial score (nSPS) is 12.5. The van der Waals surface area contributed by atoms with Crippen molar-refractivity contribution in [3.05, 3.63) is 41.5 Å². The third kappa shape index (κ3) is 7.19. The summed E-state index contributed by atoms with van der Waals surface area (Å²) in [5, 5.41) is 10.3. The molecule has 0 amide bonds. The van der Waals surface area contributed by atoms with E-state index in [0.29, 0.717) is 30.1 Å². The largest absolute Gasteiger partial charge is 0.493 e. The molecular formula is C18H28IN5O2. The molecule has 0 saturated heterocycles. The van der Waals surface area contributed by atoms with E-state index in [1.807, 2.05) is 12.1 Å². The molecule has 2 rings (SSSR count). The number of aromatic nitrogens is 2. The number of hydrogen-bond acceptors (Lipinski definition) is 5. The maximum absolute atomic E-state index is 5.71. The molecule has 0 radical (unpaired) electrons. The Morgan fingerprint density at radius 1 is 1.23 bits per heavy atom. The van der Waals surface area contributed by atoms with Gasteiger partial charge in [0.2, 0.25) is 5.89 Å². The lowest BCUT2D eigenvalue weighted by atomic mass is 10.1. The van der Waals surface area contributed by atoms with Gasteiger partial charge in [-0.25, -0.2) is 0 Å². The van der Waals surface area contributed by atoms with Gasteiger partial charge in [-0.05, 0) is 37.5 Å². The van der Waals surface area contributed by atoms with E-state index in [-0.39, 0.29) is 30.0 Å². The second-order valence-corrected chi connectivity index (χ2v) is 6.30. The Morgan fingerprint density at radius 2 is 1.92 bits per heavy atom. The van der Waals surface area contributed by atoms with Crippen molar-refractivity contribution in [1.82, 2.24) is 20.8 Å². The first kappa shape index (κ1) is 22.2. The molecular weight excluding hydrogens is 445 g/mol. The molecule has 0 aliphatic carbocycles. The molecule has 0 aliphatic heterocycles. The standard InChI is InChI=1S/C18H27N5O2.HI/c1-12(2)11-24-16-8-6-15(7-9-16)13(3)21-18(19-5)20-10-17-22-14(4)23-25-17;/h6-9,12-13H,10-11H2,1-5H3,(H2,19,20,21);1H. The van der Waals surface area contributed by atoms with Gasteiger partial charge in [0, 0.05) is 7.05 Å². The summed E-state index contributed by atoms with van der Waals surface area (Å²) >= 11 is 0. The fourth-order valence-electron chi connectivity index (χ4n) is 2.17. The van der Waals surface area contributed by atoms with Gasteiger partial charge in [0.15, 0.2) is 11.8 Å². The summed E-state index contributed by atoms with van der Waals surface area (Å²) in [7, 11) is 1.73. The third-order valence-corrected chi connectivity index (χ3v) is 3.52. The Bertz CT molecular complexity index is 685. The molecule has 7 nitrogen and oxygen atoms in total. The molecule has 2 N–H and O–H groups in total. The van der Waals surface area contributed by atoms with Crippen LogP contribution in [0.15, 0.2) is 33.8 Å². The van der Waals surface area contributed by atoms with Gasteiger partial charge in [-0.2, -0.15) is 4.98 Å². The molecule has 0 aliphatic rings. The molecule has 1 atom stereocenters. The van der Waals surface area contributed by atoms with Crippen LogP contribution in [0, 0.1) is 12.8 Å². The molecule has 0 bridgehead atoms. The van der Waals surface area contributed by atoms with Crippen LogP contribution in [0.1, 0.15) is 44.1 Å². The minimum absolute atomic E-state index is 0. The zero-order valence-electron chi connectivity index (χ0n) is 15.9. The van der Waals surface area contributed by atoms with Crippen LogP contribution in [0.5, 0.6) is 5.75 Å². The molecule has 26 heavy (non-hydrogen) atoms. The second kappa shape index (κ2) is 11.0.